The zero-order valence-corrected chi connectivity index (χ0v) is 14.4. The molecule has 0 spiro atoms. The van der Waals surface area contributed by atoms with E-state index in [2.05, 4.69) is 4.72 Å². The fraction of sp³-hybridized carbons (Fsp3) is 0.533. The Hall–Kier alpha value is -0.910. The minimum Gasteiger partial charge on any atom is -0.466 e. The van der Waals surface area contributed by atoms with Gasteiger partial charge in [0.25, 0.3) is 0 Å². The molecule has 21 heavy (non-hydrogen) atoms. The molecule has 0 aliphatic heterocycles. The largest absolute Gasteiger partial charge is 0.466 e. The van der Waals surface area contributed by atoms with Gasteiger partial charge in [0, 0.05) is 5.02 Å². The van der Waals surface area contributed by atoms with E-state index >= 15 is 0 Å². The molecule has 2 atom stereocenters. The summed E-state index contributed by atoms with van der Waals surface area (Å²) in [5.74, 6) is -0.333. The zero-order valence-electron chi connectivity index (χ0n) is 12.8. The van der Waals surface area contributed by atoms with Crippen LogP contribution in [0.1, 0.15) is 45.7 Å². The van der Waals surface area contributed by atoms with Crippen LogP contribution in [0.5, 0.6) is 0 Å². The quantitative estimate of drug-likeness (QED) is 0.813. The number of ether oxygens (including phenoxy) is 1. The third-order valence-electron chi connectivity index (χ3n) is 2.73. The maximum absolute atomic E-state index is 12.3. The smallest absolute Gasteiger partial charge is 0.307 e. The Morgan fingerprint density at radius 1 is 1.43 bits per heavy atom. The van der Waals surface area contributed by atoms with Crippen LogP contribution < -0.4 is 4.72 Å². The van der Waals surface area contributed by atoms with Crippen LogP contribution in [0.3, 0.4) is 0 Å². The molecule has 0 unspecified atom stereocenters. The molecule has 4 nitrogen and oxygen atoms in total. The summed E-state index contributed by atoms with van der Waals surface area (Å²) in [5.41, 5.74) is 0.813. The predicted molar refractivity (Wildman–Crippen MR) is 86.5 cm³/mol. The van der Waals surface area contributed by atoms with E-state index < -0.39 is 21.8 Å². The van der Waals surface area contributed by atoms with Crippen molar-refractivity contribution in [3.63, 3.8) is 0 Å². The van der Waals surface area contributed by atoms with E-state index in [9.17, 15) is 9.00 Å². The van der Waals surface area contributed by atoms with Gasteiger partial charge in [0.05, 0.1) is 34.8 Å². The Labute approximate surface area is 133 Å². The van der Waals surface area contributed by atoms with Crippen LogP contribution in [0.4, 0.5) is 0 Å². The second-order valence-corrected chi connectivity index (χ2v) is 8.05. The van der Waals surface area contributed by atoms with E-state index in [-0.39, 0.29) is 12.4 Å². The summed E-state index contributed by atoms with van der Waals surface area (Å²) in [5, 5.41) is 0.574. The van der Waals surface area contributed by atoms with Crippen LogP contribution in [-0.4, -0.2) is 21.5 Å². The van der Waals surface area contributed by atoms with Gasteiger partial charge in [-0.05, 0) is 45.4 Å². The molecule has 0 saturated carbocycles. The normalized spacial score (nSPS) is 14.5. The molecule has 0 saturated heterocycles. The van der Waals surface area contributed by atoms with Gasteiger partial charge in [-0.1, -0.05) is 23.7 Å². The highest BCUT2D eigenvalue weighted by molar-refractivity contribution is 7.84. The van der Waals surface area contributed by atoms with Crippen molar-refractivity contribution in [1.82, 2.24) is 4.72 Å². The first-order chi connectivity index (χ1) is 9.74. The highest BCUT2D eigenvalue weighted by Crippen LogP contribution is 2.23. The number of halogens is 1. The number of carbonyl (C=O) groups is 1. The zero-order chi connectivity index (χ0) is 16.0. The molecule has 0 heterocycles. The first-order valence-corrected chi connectivity index (χ1v) is 8.36. The SMILES string of the molecule is CCOC(=O)C[C@@H](N[S@](=O)C(C)(C)C)c1cccc(Cl)c1. The summed E-state index contributed by atoms with van der Waals surface area (Å²) >= 11 is 5.99. The summed E-state index contributed by atoms with van der Waals surface area (Å²) < 4.78 is 19.8. The Balaban J connectivity index is 2.94. The molecular formula is C15H22ClNO3S. The Bertz CT molecular complexity index is 514. The van der Waals surface area contributed by atoms with E-state index in [0.717, 1.165) is 5.56 Å². The topological polar surface area (TPSA) is 55.4 Å². The van der Waals surface area contributed by atoms with E-state index in [1.165, 1.54) is 0 Å². The fourth-order valence-electron chi connectivity index (χ4n) is 1.64. The van der Waals surface area contributed by atoms with Gasteiger partial charge in [-0.2, -0.15) is 0 Å². The summed E-state index contributed by atoms with van der Waals surface area (Å²) in [6.07, 6.45) is 0.107. The third-order valence-corrected chi connectivity index (χ3v) is 4.58. The van der Waals surface area contributed by atoms with Gasteiger partial charge in [0.1, 0.15) is 0 Å². The number of benzene rings is 1. The van der Waals surface area contributed by atoms with Crippen LogP contribution >= 0.6 is 11.6 Å². The molecule has 1 aromatic carbocycles. The van der Waals surface area contributed by atoms with Gasteiger partial charge in [0.2, 0.25) is 0 Å². The first kappa shape index (κ1) is 18.1. The van der Waals surface area contributed by atoms with Gasteiger partial charge in [-0.25, -0.2) is 8.93 Å². The van der Waals surface area contributed by atoms with Crippen molar-refractivity contribution in [3.05, 3.63) is 34.9 Å². The lowest BCUT2D eigenvalue weighted by Crippen LogP contribution is -2.36. The molecule has 0 aliphatic rings. The highest BCUT2D eigenvalue weighted by atomic mass is 35.5. The standard InChI is InChI=1S/C15H22ClNO3S/c1-5-20-14(18)10-13(17-21(19)15(2,3)4)11-7-6-8-12(16)9-11/h6-9,13,17H,5,10H2,1-4H3/t13-,21-/m1/s1. The molecule has 0 fully saturated rings. The summed E-state index contributed by atoms with van der Waals surface area (Å²) in [7, 11) is -1.30. The number of nitrogens with one attached hydrogen (secondary N) is 1. The molecule has 0 radical (unpaired) electrons. The lowest BCUT2D eigenvalue weighted by Gasteiger charge is -2.24. The lowest BCUT2D eigenvalue weighted by atomic mass is 10.1. The Morgan fingerprint density at radius 3 is 2.62 bits per heavy atom. The van der Waals surface area contributed by atoms with Gasteiger partial charge in [-0.15, -0.1) is 0 Å². The molecule has 118 valence electrons. The van der Waals surface area contributed by atoms with Crippen LogP contribution in [0.25, 0.3) is 0 Å². The van der Waals surface area contributed by atoms with Gasteiger partial charge in [0.15, 0.2) is 0 Å². The summed E-state index contributed by atoms with van der Waals surface area (Å²) in [4.78, 5) is 11.7. The summed E-state index contributed by atoms with van der Waals surface area (Å²) in [6, 6.07) is 6.77. The molecule has 0 bridgehead atoms. The third kappa shape index (κ3) is 6.16. The second kappa shape index (κ2) is 7.92. The Kier molecular flexibility index (Phi) is 6.84. The number of esters is 1. The van der Waals surface area contributed by atoms with Crippen LogP contribution in [0.2, 0.25) is 5.02 Å². The van der Waals surface area contributed by atoms with Crippen LogP contribution in [-0.2, 0) is 20.5 Å². The van der Waals surface area contributed by atoms with Crippen molar-refractivity contribution >= 4 is 28.6 Å². The average Bonchev–Trinajstić information content (AvgIpc) is 2.37. The summed E-state index contributed by atoms with van der Waals surface area (Å²) in [6.45, 7) is 7.69. The minimum absolute atomic E-state index is 0.107. The van der Waals surface area contributed by atoms with Gasteiger partial charge < -0.3 is 4.74 Å². The molecule has 1 rings (SSSR count). The average molecular weight is 332 g/mol. The molecule has 0 amide bonds. The lowest BCUT2D eigenvalue weighted by molar-refractivity contribution is -0.143. The first-order valence-electron chi connectivity index (χ1n) is 6.83. The van der Waals surface area contributed by atoms with E-state index in [0.29, 0.717) is 11.6 Å². The van der Waals surface area contributed by atoms with Crippen molar-refractivity contribution in [1.29, 1.82) is 0 Å². The van der Waals surface area contributed by atoms with Crippen molar-refractivity contribution in [3.8, 4) is 0 Å². The molecule has 6 heteroatoms. The number of rotatable bonds is 6. The number of carbonyl (C=O) groups excluding carboxylic acids is 1. The fourth-order valence-corrected chi connectivity index (χ4v) is 2.67. The molecule has 0 aliphatic carbocycles. The molecule has 0 aromatic heterocycles. The van der Waals surface area contributed by atoms with Crippen molar-refractivity contribution < 1.29 is 13.7 Å². The maximum atomic E-state index is 12.3. The Morgan fingerprint density at radius 2 is 2.10 bits per heavy atom. The van der Waals surface area contributed by atoms with Crippen molar-refractivity contribution in [2.24, 2.45) is 0 Å². The van der Waals surface area contributed by atoms with E-state index in [1.807, 2.05) is 26.8 Å². The highest BCUT2D eigenvalue weighted by Gasteiger charge is 2.25. The van der Waals surface area contributed by atoms with E-state index in [1.54, 1.807) is 25.1 Å². The van der Waals surface area contributed by atoms with Gasteiger partial charge >= 0.3 is 5.97 Å². The minimum atomic E-state index is -1.30. The second-order valence-electron chi connectivity index (χ2n) is 5.62. The molecular weight excluding hydrogens is 310 g/mol. The molecule has 1 aromatic rings. The van der Waals surface area contributed by atoms with Crippen molar-refractivity contribution in [2.45, 2.75) is 44.9 Å². The predicted octanol–water partition coefficient (Wildman–Crippen LogP) is 3.39. The van der Waals surface area contributed by atoms with E-state index in [4.69, 9.17) is 16.3 Å². The monoisotopic (exact) mass is 331 g/mol. The number of hydrogen-bond acceptors (Lipinski definition) is 3. The van der Waals surface area contributed by atoms with Gasteiger partial charge in [-0.3, -0.25) is 4.79 Å². The maximum Gasteiger partial charge on any atom is 0.307 e. The number of hydrogen-bond donors (Lipinski definition) is 1. The van der Waals surface area contributed by atoms with Crippen molar-refractivity contribution in [2.75, 3.05) is 6.61 Å². The van der Waals surface area contributed by atoms with Crippen LogP contribution in [0, 0.1) is 0 Å². The van der Waals surface area contributed by atoms with Crippen LogP contribution in [0.15, 0.2) is 24.3 Å². The molecule has 1 N–H and O–H groups in total.